The predicted molar refractivity (Wildman–Crippen MR) is 81.2 cm³/mol. The molecule has 0 aliphatic heterocycles. The van der Waals surface area contributed by atoms with E-state index in [0.29, 0.717) is 16.6 Å². The molecular formula is C15H12FN5O. The van der Waals surface area contributed by atoms with Crippen LogP contribution < -0.4 is 11.5 Å². The Kier molecular flexibility index (Phi) is 3.30. The molecule has 7 heteroatoms. The van der Waals surface area contributed by atoms with Gasteiger partial charge in [-0.05, 0) is 18.2 Å². The number of benzene rings is 1. The van der Waals surface area contributed by atoms with Crippen LogP contribution >= 0.6 is 0 Å². The third-order valence-electron chi connectivity index (χ3n) is 3.15. The van der Waals surface area contributed by atoms with E-state index in [1.54, 1.807) is 41.2 Å². The van der Waals surface area contributed by atoms with E-state index in [1.165, 1.54) is 12.3 Å². The minimum absolute atomic E-state index is 0.269. The molecule has 0 radical (unpaired) electrons. The van der Waals surface area contributed by atoms with Gasteiger partial charge in [0, 0.05) is 24.0 Å². The SMILES string of the molecule is NC(N)=NC(=O)c1ccn(-c2ccnc3c(F)cccc23)c1. The van der Waals surface area contributed by atoms with E-state index in [9.17, 15) is 9.18 Å². The smallest absolute Gasteiger partial charge is 0.281 e. The van der Waals surface area contributed by atoms with Gasteiger partial charge in [0.25, 0.3) is 5.91 Å². The van der Waals surface area contributed by atoms with E-state index in [4.69, 9.17) is 11.5 Å². The average Bonchev–Trinajstić information content (AvgIpc) is 2.96. The van der Waals surface area contributed by atoms with Crippen molar-refractivity contribution >= 4 is 22.8 Å². The first-order valence-corrected chi connectivity index (χ1v) is 6.42. The van der Waals surface area contributed by atoms with Crippen LogP contribution in [0.25, 0.3) is 16.6 Å². The van der Waals surface area contributed by atoms with Gasteiger partial charge in [0.1, 0.15) is 11.3 Å². The summed E-state index contributed by atoms with van der Waals surface area (Å²) in [6.07, 6.45) is 4.77. The molecule has 0 fully saturated rings. The average molecular weight is 297 g/mol. The van der Waals surface area contributed by atoms with Crippen LogP contribution in [-0.4, -0.2) is 21.4 Å². The third kappa shape index (κ3) is 2.39. The number of carbonyl (C=O) groups is 1. The molecule has 0 atom stereocenters. The topological polar surface area (TPSA) is 99.3 Å². The number of para-hydroxylation sites is 1. The Morgan fingerprint density at radius 2 is 2.05 bits per heavy atom. The van der Waals surface area contributed by atoms with Crippen LogP contribution in [0, 0.1) is 5.82 Å². The Morgan fingerprint density at radius 3 is 2.82 bits per heavy atom. The number of guanidine groups is 1. The van der Waals surface area contributed by atoms with Crippen molar-refractivity contribution in [2.24, 2.45) is 16.5 Å². The van der Waals surface area contributed by atoms with Gasteiger partial charge >= 0.3 is 0 Å². The number of nitrogens with two attached hydrogens (primary N) is 2. The number of nitrogens with zero attached hydrogens (tertiary/aromatic N) is 3. The summed E-state index contributed by atoms with van der Waals surface area (Å²) in [5.74, 6) is -1.24. The fraction of sp³-hybridized carbons (Fsp3) is 0. The zero-order valence-corrected chi connectivity index (χ0v) is 11.4. The number of halogens is 1. The lowest BCUT2D eigenvalue weighted by Gasteiger charge is -2.07. The summed E-state index contributed by atoms with van der Waals surface area (Å²) in [5.41, 5.74) is 11.7. The molecule has 4 N–H and O–H groups in total. The molecule has 0 saturated carbocycles. The highest BCUT2D eigenvalue weighted by Crippen LogP contribution is 2.23. The summed E-state index contributed by atoms with van der Waals surface area (Å²) in [7, 11) is 0. The number of carbonyl (C=O) groups excluding carboxylic acids is 1. The second-order valence-electron chi connectivity index (χ2n) is 4.62. The molecule has 6 nitrogen and oxygen atoms in total. The van der Waals surface area contributed by atoms with Crippen molar-refractivity contribution in [1.82, 2.24) is 9.55 Å². The van der Waals surface area contributed by atoms with Crippen molar-refractivity contribution in [2.45, 2.75) is 0 Å². The molecule has 1 amide bonds. The maximum Gasteiger partial charge on any atom is 0.281 e. The number of fused-ring (bicyclic) bond motifs is 1. The van der Waals surface area contributed by atoms with Crippen LogP contribution in [0.3, 0.4) is 0 Å². The minimum Gasteiger partial charge on any atom is -0.370 e. The number of amides is 1. The van der Waals surface area contributed by atoms with Gasteiger partial charge in [-0.2, -0.15) is 4.99 Å². The molecule has 2 heterocycles. The molecule has 3 aromatic rings. The number of hydrogen-bond donors (Lipinski definition) is 2. The molecule has 0 unspecified atom stereocenters. The first kappa shape index (κ1) is 13.7. The number of aromatic nitrogens is 2. The summed E-state index contributed by atoms with van der Waals surface area (Å²) in [4.78, 5) is 19.3. The molecule has 1 aromatic carbocycles. The van der Waals surface area contributed by atoms with Crippen molar-refractivity contribution < 1.29 is 9.18 Å². The number of aliphatic imine (C=N–C) groups is 1. The molecule has 0 saturated heterocycles. The van der Waals surface area contributed by atoms with Gasteiger partial charge < -0.3 is 16.0 Å². The van der Waals surface area contributed by atoms with Gasteiger partial charge in [0.2, 0.25) is 0 Å². The molecule has 2 aromatic heterocycles. The molecule has 0 aliphatic rings. The van der Waals surface area contributed by atoms with Crippen molar-refractivity contribution in [1.29, 1.82) is 0 Å². The largest absolute Gasteiger partial charge is 0.370 e. The summed E-state index contributed by atoms with van der Waals surface area (Å²) in [6, 6.07) is 8.04. The highest BCUT2D eigenvalue weighted by molar-refractivity contribution is 6.02. The highest BCUT2D eigenvalue weighted by atomic mass is 19.1. The second-order valence-corrected chi connectivity index (χ2v) is 4.62. The Hall–Kier alpha value is -3.22. The van der Waals surface area contributed by atoms with E-state index in [0.717, 1.165) is 0 Å². The standard InChI is InChI=1S/C15H12FN5O/c16-11-3-1-2-10-12(4-6-19-13(10)11)21-7-5-9(8-21)14(22)20-15(17)18/h1-8H,(H4,17,18,20,22). The molecule has 22 heavy (non-hydrogen) atoms. The van der Waals surface area contributed by atoms with Crippen LogP contribution in [0.15, 0.2) is 53.9 Å². The predicted octanol–water partition coefficient (Wildman–Crippen LogP) is 1.58. The number of hydrogen-bond acceptors (Lipinski definition) is 2. The summed E-state index contributed by atoms with van der Waals surface area (Å²) >= 11 is 0. The molecule has 0 aliphatic carbocycles. The Labute approximate surface area is 124 Å². The van der Waals surface area contributed by atoms with E-state index in [-0.39, 0.29) is 11.5 Å². The molecule has 0 spiro atoms. The van der Waals surface area contributed by atoms with Crippen LogP contribution in [0.1, 0.15) is 10.4 Å². The zero-order chi connectivity index (χ0) is 15.7. The summed E-state index contributed by atoms with van der Waals surface area (Å²) in [5, 5.41) is 0.638. The maximum atomic E-state index is 13.8. The molecule has 3 rings (SSSR count). The van der Waals surface area contributed by atoms with E-state index < -0.39 is 11.7 Å². The van der Waals surface area contributed by atoms with Gasteiger partial charge in [-0.3, -0.25) is 9.78 Å². The van der Waals surface area contributed by atoms with Gasteiger partial charge in [0.15, 0.2) is 5.96 Å². The lowest BCUT2D eigenvalue weighted by atomic mass is 10.2. The van der Waals surface area contributed by atoms with Gasteiger partial charge in [0.05, 0.1) is 11.3 Å². The van der Waals surface area contributed by atoms with Crippen molar-refractivity contribution in [3.05, 3.63) is 60.3 Å². The van der Waals surface area contributed by atoms with Crippen molar-refractivity contribution in [3.63, 3.8) is 0 Å². The fourth-order valence-corrected chi connectivity index (χ4v) is 2.21. The summed E-state index contributed by atoms with van der Waals surface area (Å²) < 4.78 is 15.5. The minimum atomic E-state index is -0.539. The monoisotopic (exact) mass is 297 g/mol. The highest BCUT2D eigenvalue weighted by Gasteiger charge is 2.11. The Morgan fingerprint density at radius 1 is 1.23 bits per heavy atom. The van der Waals surface area contributed by atoms with Crippen LogP contribution in [0.4, 0.5) is 4.39 Å². The van der Waals surface area contributed by atoms with Crippen molar-refractivity contribution in [2.75, 3.05) is 0 Å². The van der Waals surface area contributed by atoms with E-state index in [2.05, 4.69) is 9.98 Å². The lowest BCUT2D eigenvalue weighted by Crippen LogP contribution is -2.24. The van der Waals surface area contributed by atoms with Gasteiger partial charge in [-0.15, -0.1) is 0 Å². The van der Waals surface area contributed by atoms with Gasteiger partial charge in [-0.25, -0.2) is 4.39 Å². The Bertz CT molecular complexity index is 896. The first-order valence-electron chi connectivity index (χ1n) is 6.42. The van der Waals surface area contributed by atoms with Crippen LogP contribution in [-0.2, 0) is 0 Å². The van der Waals surface area contributed by atoms with E-state index in [1.807, 2.05) is 0 Å². The maximum absolute atomic E-state index is 13.8. The molecule has 110 valence electrons. The zero-order valence-electron chi connectivity index (χ0n) is 11.4. The summed E-state index contributed by atoms with van der Waals surface area (Å²) in [6.45, 7) is 0. The van der Waals surface area contributed by atoms with Crippen LogP contribution in [0.2, 0.25) is 0 Å². The Balaban J connectivity index is 2.10. The third-order valence-corrected chi connectivity index (χ3v) is 3.15. The lowest BCUT2D eigenvalue weighted by molar-refractivity contribution is 0.100. The number of rotatable bonds is 2. The fourth-order valence-electron chi connectivity index (χ4n) is 2.21. The van der Waals surface area contributed by atoms with Gasteiger partial charge in [-0.1, -0.05) is 12.1 Å². The molecular weight excluding hydrogens is 285 g/mol. The molecule has 0 bridgehead atoms. The van der Waals surface area contributed by atoms with Crippen molar-refractivity contribution in [3.8, 4) is 5.69 Å². The van der Waals surface area contributed by atoms with Crippen LogP contribution in [0.5, 0.6) is 0 Å². The number of pyridine rings is 1. The first-order chi connectivity index (χ1) is 10.6. The normalized spacial score (nSPS) is 10.6. The quantitative estimate of drug-likeness (QED) is 0.554. The second kappa shape index (κ2) is 5.28. The van der Waals surface area contributed by atoms with E-state index >= 15 is 0 Å².